The minimum absolute atomic E-state index is 0.161. The zero-order chi connectivity index (χ0) is 22.1. The van der Waals surface area contributed by atoms with Crippen LogP contribution in [0.15, 0.2) is 70.9 Å². The van der Waals surface area contributed by atoms with Crippen molar-refractivity contribution in [2.24, 2.45) is 0 Å². The summed E-state index contributed by atoms with van der Waals surface area (Å²) >= 11 is 6.12. The maximum Gasteiger partial charge on any atom is 0.300 e. The smallest absolute Gasteiger partial charge is 0.300 e. The first-order chi connectivity index (χ1) is 14.9. The van der Waals surface area contributed by atoms with Gasteiger partial charge in [0.15, 0.2) is 0 Å². The number of aliphatic hydroxyl groups excluding tert-OH is 1. The maximum atomic E-state index is 13.9. The lowest BCUT2D eigenvalue weighted by Gasteiger charge is -2.23. The highest BCUT2D eigenvalue weighted by atomic mass is 35.5. The zero-order valence-electron chi connectivity index (χ0n) is 16.3. The number of amides is 1. The number of anilines is 1. The maximum absolute atomic E-state index is 13.9. The second-order valence-corrected chi connectivity index (χ2v) is 7.15. The molecule has 0 spiro atoms. The molecule has 1 aromatic heterocycles. The van der Waals surface area contributed by atoms with Crippen molar-refractivity contribution in [3.63, 3.8) is 0 Å². The molecule has 0 radical (unpaired) electrons. The van der Waals surface area contributed by atoms with Crippen LogP contribution in [0.2, 0.25) is 5.02 Å². The highest BCUT2D eigenvalue weighted by Crippen LogP contribution is 2.43. The quantitative estimate of drug-likeness (QED) is 0.338. The fourth-order valence-electron chi connectivity index (χ4n) is 3.51. The van der Waals surface area contributed by atoms with Gasteiger partial charge in [0.25, 0.3) is 11.7 Å². The van der Waals surface area contributed by atoms with Crippen molar-refractivity contribution < 1.29 is 28.2 Å². The van der Waals surface area contributed by atoms with E-state index in [2.05, 4.69) is 0 Å². The number of hydrogen-bond donors (Lipinski definition) is 1. The normalized spacial score (nSPS) is 17.9. The van der Waals surface area contributed by atoms with Gasteiger partial charge in [0, 0.05) is 11.3 Å². The Morgan fingerprint density at radius 2 is 2.00 bits per heavy atom. The fraction of sp³-hybridized carbons (Fsp3) is 0.130. The van der Waals surface area contributed by atoms with Gasteiger partial charge in [-0.3, -0.25) is 14.5 Å². The minimum Gasteiger partial charge on any atom is -0.507 e. The summed E-state index contributed by atoms with van der Waals surface area (Å²) in [6.07, 6.45) is 1.39. The standard InChI is InChI=1S/C23H17ClFNO5/c1-2-30-18-11-13(8-9-16(18)24)21(27)19-20(17-7-4-10-31-17)26(23(29)22(19)28)15-6-3-5-14(25)12-15/h3-12,20,27H,2H2,1H3/b21-19-. The van der Waals surface area contributed by atoms with Crippen molar-refractivity contribution in [1.82, 2.24) is 0 Å². The van der Waals surface area contributed by atoms with E-state index in [4.69, 9.17) is 20.8 Å². The number of carbonyl (C=O) groups excluding carboxylic acids is 2. The number of carbonyl (C=O) groups is 2. The van der Waals surface area contributed by atoms with E-state index >= 15 is 0 Å². The molecule has 8 heteroatoms. The highest BCUT2D eigenvalue weighted by Gasteiger charge is 2.48. The summed E-state index contributed by atoms with van der Waals surface area (Å²) in [5.41, 5.74) is 0.212. The molecule has 2 heterocycles. The summed E-state index contributed by atoms with van der Waals surface area (Å²) in [5, 5.41) is 11.4. The molecule has 3 aromatic rings. The Bertz CT molecular complexity index is 1190. The number of rotatable bonds is 5. The third-order valence-electron chi connectivity index (χ3n) is 4.85. The Balaban J connectivity index is 1.91. The number of furan rings is 1. The van der Waals surface area contributed by atoms with Crippen LogP contribution in [0.25, 0.3) is 5.76 Å². The van der Waals surface area contributed by atoms with E-state index < -0.39 is 29.3 Å². The third kappa shape index (κ3) is 3.68. The molecule has 0 bridgehead atoms. The average Bonchev–Trinajstić information content (AvgIpc) is 3.36. The summed E-state index contributed by atoms with van der Waals surface area (Å²) in [5.74, 6) is -2.26. The zero-order valence-corrected chi connectivity index (χ0v) is 17.1. The van der Waals surface area contributed by atoms with Gasteiger partial charge in [-0.2, -0.15) is 0 Å². The minimum atomic E-state index is -1.08. The number of nitrogens with zero attached hydrogens (tertiary/aromatic N) is 1. The molecule has 4 rings (SSSR count). The number of halogens is 2. The first-order valence-electron chi connectivity index (χ1n) is 9.45. The van der Waals surface area contributed by atoms with Gasteiger partial charge in [0.1, 0.15) is 29.1 Å². The molecule has 1 aliphatic heterocycles. The van der Waals surface area contributed by atoms with Gasteiger partial charge >= 0.3 is 0 Å². The summed E-state index contributed by atoms with van der Waals surface area (Å²) in [6.45, 7) is 2.13. The number of aliphatic hydroxyl groups is 1. The Labute approximate surface area is 182 Å². The predicted molar refractivity (Wildman–Crippen MR) is 113 cm³/mol. The summed E-state index contributed by atoms with van der Waals surface area (Å²) < 4.78 is 24.8. The van der Waals surface area contributed by atoms with Gasteiger partial charge in [0.2, 0.25) is 0 Å². The summed E-state index contributed by atoms with van der Waals surface area (Å²) in [4.78, 5) is 27.0. The van der Waals surface area contributed by atoms with Crippen molar-refractivity contribution >= 4 is 34.7 Å². The molecule has 1 atom stereocenters. The van der Waals surface area contributed by atoms with E-state index in [9.17, 15) is 19.1 Å². The molecule has 1 unspecified atom stereocenters. The SMILES string of the molecule is CCOc1cc(/C(O)=C2/C(=O)C(=O)N(c3cccc(F)c3)C2c2ccco2)ccc1Cl. The van der Waals surface area contributed by atoms with E-state index in [1.54, 1.807) is 19.1 Å². The van der Waals surface area contributed by atoms with Crippen molar-refractivity contribution in [1.29, 1.82) is 0 Å². The van der Waals surface area contributed by atoms with E-state index in [-0.39, 0.29) is 22.6 Å². The lowest BCUT2D eigenvalue weighted by atomic mass is 9.99. The van der Waals surface area contributed by atoms with Crippen LogP contribution in [0.3, 0.4) is 0 Å². The van der Waals surface area contributed by atoms with Gasteiger partial charge in [-0.25, -0.2) is 4.39 Å². The van der Waals surface area contributed by atoms with Gasteiger partial charge < -0.3 is 14.3 Å². The van der Waals surface area contributed by atoms with Crippen LogP contribution in [0, 0.1) is 5.82 Å². The second-order valence-electron chi connectivity index (χ2n) is 6.74. The average molecular weight is 442 g/mol. The Kier molecular flexibility index (Phi) is 5.52. The van der Waals surface area contributed by atoms with Crippen LogP contribution in [-0.4, -0.2) is 23.4 Å². The largest absolute Gasteiger partial charge is 0.507 e. The van der Waals surface area contributed by atoms with E-state index in [1.807, 2.05) is 0 Å². The van der Waals surface area contributed by atoms with Crippen LogP contribution < -0.4 is 9.64 Å². The van der Waals surface area contributed by atoms with Crippen molar-refractivity contribution in [3.05, 3.63) is 88.6 Å². The monoisotopic (exact) mass is 441 g/mol. The predicted octanol–water partition coefficient (Wildman–Crippen LogP) is 5.10. The summed E-state index contributed by atoms with van der Waals surface area (Å²) in [6, 6.07) is 11.9. The molecule has 31 heavy (non-hydrogen) atoms. The van der Waals surface area contributed by atoms with Crippen molar-refractivity contribution in [2.75, 3.05) is 11.5 Å². The lowest BCUT2D eigenvalue weighted by molar-refractivity contribution is -0.132. The molecular weight excluding hydrogens is 425 g/mol. The molecule has 1 aliphatic rings. The van der Waals surface area contributed by atoms with Gasteiger partial charge in [-0.1, -0.05) is 17.7 Å². The van der Waals surface area contributed by atoms with Gasteiger partial charge in [0.05, 0.1) is 23.5 Å². The summed E-state index contributed by atoms with van der Waals surface area (Å²) in [7, 11) is 0. The molecule has 1 N–H and O–H groups in total. The molecule has 6 nitrogen and oxygen atoms in total. The van der Waals surface area contributed by atoms with E-state index in [0.717, 1.165) is 11.0 Å². The van der Waals surface area contributed by atoms with Gasteiger partial charge in [-0.05, 0) is 55.5 Å². The van der Waals surface area contributed by atoms with Crippen LogP contribution in [-0.2, 0) is 9.59 Å². The molecule has 1 fully saturated rings. The van der Waals surface area contributed by atoms with Crippen LogP contribution in [0.1, 0.15) is 24.3 Å². The van der Waals surface area contributed by atoms with E-state index in [1.165, 1.54) is 42.7 Å². The fourth-order valence-corrected chi connectivity index (χ4v) is 3.69. The first-order valence-corrected chi connectivity index (χ1v) is 9.83. The van der Waals surface area contributed by atoms with Crippen LogP contribution >= 0.6 is 11.6 Å². The Morgan fingerprint density at radius 3 is 2.68 bits per heavy atom. The number of hydrogen-bond acceptors (Lipinski definition) is 5. The molecule has 0 saturated carbocycles. The molecule has 1 amide bonds. The van der Waals surface area contributed by atoms with E-state index in [0.29, 0.717) is 17.4 Å². The molecule has 1 saturated heterocycles. The second kappa shape index (κ2) is 8.28. The number of benzene rings is 2. The van der Waals surface area contributed by atoms with Crippen molar-refractivity contribution in [2.45, 2.75) is 13.0 Å². The Hall–Kier alpha value is -3.58. The number of Topliss-reactive ketones (excluding diaryl/α,β-unsaturated/α-hetero) is 1. The number of ketones is 1. The molecule has 0 aliphatic carbocycles. The molecule has 158 valence electrons. The molecular formula is C23H17ClFNO5. The Morgan fingerprint density at radius 1 is 1.19 bits per heavy atom. The highest BCUT2D eigenvalue weighted by molar-refractivity contribution is 6.51. The van der Waals surface area contributed by atoms with Gasteiger partial charge in [-0.15, -0.1) is 0 Å². The lowest BCUT2D eigenvalue weighted by Crippen LogP contribution is -2.29. The first kappa shape index (κ1) is 20.7. The van der Waals surface area contributed by atoms with Crippen LogP contribution in [0.4, 0.5) is 10.1 Å². The van der Waals surface area contributed by atoms with Crippen molar-refractivity contribution in [3.8, 4) is 5.75 Å². The molecule has 2 aromatic carbocycles. The number of ether oxygens (including phenoxy) is 1. The topological polar surface area (TPSA) is 80.0 Å². The van der Waals surface area contributed by atoms with Crippen LogP contribution in [0.5, 0.6) is 5.75 Å². The third-order valence-corrected chi connectivity index (χ3v) is 5.16.